The molecule has 1 aromatic rings. The zero-order chi connectivity index (χ0) is 18.5. The maximum Gasteiger partial charge on any atom is 0.324 e. The van der Waals surface area contributed by atoms with Crippen LogP contribution in [-0.4, -0.2) is 54.5 Å². The topological polar surface area (TPSA) is 52.7 Å². The van der Waals surface area contributed by atoms with Crippen LogP contribution >= 0.6 is 23.2 Å². The van der Waals surface area contributed by atoms with Gasteiger partial charge in [-0.3, -0.25) is 14.6 Å². The monoisotopic (exact) mass is 395 g/mol. The molecule has 3 rings (SSSR count). The number of urea groups is 1. The molecule has 1 aromatic carbocycles. The highest BCUT2D eigenvalue weighted by atomic mass is 35.5. The van der Waals surface area contributed by atoms with E-state index >= 15 is 0 Å². The first kappa shape index (κ1) is 19.2. The van der Waals surface area contributed by atoms with Crippen molar-refractivity contribution in [2.45, 2.75) is 25.7 Å². The van der Waals surface area contributed by atoms with Gasteiger partial charge in [0.2, 0.25) is 5.91 Å². The molecule has 0 unspecified atom stereocenters. The Kier molecular flexibility index (Phi) is 6.57. The molecule has 3 amide bonds. The van der Waals surface area contributed by atoms with Crippen molar-refractivity contribution in [3.63, 3.8) is 0 Å². The highest BCUT2D eigenvalue weighted by Gasteiger charge is 2.25. The molecule has 2 aliphatic heterocycles. The predicted octanol–water partition coefficient (Wildman–Crippen LogP) is 3.80. The van der Waals surface area contributed by atoms with Gasteiger partial charge in [0.1, 0.15) is 0 Å². The van der Waals surface area contributed by atoms with Crippen LogP contribution in [0, 0.1) is 0 Å². The van der Waals surface area contributed by atoms with Crippen molar-refractivity contribution >= 4 is 40.7 Å². The van der Waals surface area contributed by atoms with E-state index in [-0.39, 0.29) is 11.9 Å². The first-order chi connectivity index (χ1) is 12.5. The van der Waals surface area contributed by atoms with E-state index in [4.69, 9.17) is 23.2 Å². The van der Waals surface area contributed by atoms with E-state index in [9.17, 15) is 9.59 Å². The smallest absolute Gasteiger partial charge is 0.324 e. The summed E-state index contributed by atoms with van der Waals surface area (Å²) in [5.41, 5.74) is 2.42. The summed E-state index contributed by atoms with van der Waals surface area (Å²) in [7, 11) is 0. The molecule has 0 atom stereocenters. The number of amides is 3. The van der Waals surface area contributed by atoms with E-state index in [0.717, 1.165) is 44.5 Å². The first-order valence-electron chi connectivity index (χ1n) is 8.99. The lowest BCUT2D eigenvalue weighted by molar-refractivity contribution is -0.125. The Morgan fingerprint density at radius 1 is 1.15 bits per heavy atom. The van der Waals surface area contributed by atoms with Crippen molar-refractivity contribution in [2.24, 2.45) is 0 Å². The van der Waals surface area contributed by atoms with Crippen LogP contribution in [-0.2, 0) is 4.79 Å². The minimum absolute atomic E-state index is 0.0708. The van der Waals surface area contributed by atoms with E-state index in [1.807, 2.05) is 18.2 Å². The zero-order valence-corrected chi connectivity index (χ0v) is 16.2. The number of benzene rings is 1. The third-order valence-electron chi connectivity index (χ3n) is 4.83. The number of likely N-dealkylation sites (tertiary alicyclic amines) is 1. The number of nitrogens with zero attached hydrogens (tertiary/aromatic N) is 2. The Bertz CT molecular complexity index is 721. The number of rotatable bonds is 5. The first-order valence-corrected chi connectivity index (χ1v) is 9.75. The standard InChI is InChI=1S/C19H23Cl2N3O2/c20-16-5-4-15(13-17(16)21)14-6-11-23(12-7-14)9-2-8-22-19(26)24-10-1-3-18(24)25/h4-6,13H,1-3,7-12H2,(H,22,26). The normalized spacial score (nSPS) is 18.2. The van der Waals surface area contributed by atoms with Gasteiger partial charge >= 0.3 is 6.03 Å². The number of halogens is 2. The molecule has 140 valence electrons. The van der Waals surface area contributed by atoms with Crippen LogP contribution in [0.1, 0.15) is 31.2 Å². The summed E-state index contributed by atoms with van der Waals surface area (Å²) < 4.78 is 0. The van der Waals surface area contributed by atoms with Crippen molar-refractivity contribution < 1.29 is 9.59 Å². The fourth-order valence-electron chi connectivity index (χ4n) is 3.33. The minimum Gasteiger partial charge on any atom is -0.338 e. The lowest BCUT2D eigenvalue weighted by atomic mass is 9.99. The van der Waals surface area contributed by atoms with Crippen LogP contribution in [0.4, 0.5) is 4.79 Å². The quantitative estimate of drug-likeness (QED) is 0.771. The summed E-state index contributed by atoms with van der Waals surface area (Å²) in [6.45, 7) is 3.90. The van der Waals surface area contributed by atoms with Gasteiger partial charge in [0.05, 0.1) is 10.0 Å². The number of imide groups is 1. The van der Waals surface area contributed by atoms with Crippen molar-refractivity contribution in [1.29, 1.82) is 0 Å². The highest BCUT2D eigenvalue weighted by Crippen LogP contribution is 2.29. The molecule has 7 heteroatoms. The Hall–Kier alpha value is -1.56. The third kappa shape index (κ3) is 4.78. The largest absolute Gasteiger partial charge is 0.338 e. The highest BCUT2D eigenvalue weighted by molar-refractivity contribution is 6.42. The fraction of sp³-hybridized carbons (Fsp3) is 0.474. The summed E-state index contributed by atoms with van der Waals surface area (Å²) in [5, 5.41) is 4.00. The van der Waals surface area contributed by atoms with Crippen molar-refractivity contribution in [3.8, 4) is 0 Å². The molecule has 5 nitrogen and oxygen atoms in total. The maximum atomic E-state index is 11.9. The number of hydrogen-bond donors (Lipinski definition) is 1. The van der Waals surface area contributed by atoms with Crippen LogP contribution in [0.25, 0.3) is 5.57 Å². The lowest BCUT2D eigenvalue weighted by Crippen LogP contribution is -2.41. The van der Waals surface area contributed by atoms with Crippen LogP contribution in [0.2, 0.25) is 10.0 Å². The molecule has 0 aliphatic carbocycles. The van der Waals surface area contributed by atoms with Gasteiger partial charge in [-0.25, -0.2) is 4.79 Å². The van der Waals surface area contributed by atoms with E-state index in [1.54, 1.807) is 0 Å². The van der Waals surface area contributed by atoms with Crippen LogP contribution in [0.3, 0.4) is 0 Å². The maximum absolute atomic E-state index is 11.9. The molecule has 26 heavy (non-hydrogen) atoms. The minimum atomic E-state index is -0.257. The molecule has 0 aromatic heterocycles. The van der Waals surface area contributed by atoms with Gasteiger partial charge < -0.3 is 5.32 Å². The van der Waals surface area contributed by atoms with Gasteiger partial charge in [0, 0.05) is 39.1 Å². The molecule has 1 fully saturated rings. The summed E-state index contributed by atoms with van der Waals surface area (Å²) in [5.74, 6) is -0.0708. The van der Waals surface area contributed by atoms with Gasteiger partial charge in [0.25, 0.3) is 0 Å². The van der Waals surface area contributed by atoms with Crippen molar-refractivity contribution in [1.82, 2.24) is 15.1 Å². The van der Waals surface area contributed by atoms with Crippen LogP contribution < -0.4 is 5.32 Å². The molecule has 0 radical (unpaired) electrons. The molecule has 1 saturated heterocycles. The molecule has 2 heterocycles. The molecule has 0 bridgehead atoms. The lowest BCUT2D eigenvalue weighted by Gasteiger charge is -2.26. The Balaban J connectivity index is 1.39. The van der Waals surface area contributed by atoms with Crippen LogP contribution in [0.5, 0.6) is 0 Å². The predicted molar refractivity (Wildman–Crippen MR) is 104 cm³/mol. The van der Waals surface area contributed by atoms with Crippen LogP contribution in [0.15, 0.2) is 24.3 Å². The fourth-order valence-corrected chi connectivity index (χ4v) is 3.63. The van der Waals surface area contributed by atoms with Gasteiger partial charge in [-0.2, -0.15) is 0 Å². The Labute approximate surface area is 163 Å². The number of nitrogens with one attached hydrogen (secondary N) is 1. The second kappa shape index (κ2) is 8.89. The van der Waals surface area contributed by atoms with E-state index in [1.165, 1.54) is 10.5 Å². The number of carbonyl (C=O) groups excluding carboxylic acids is 2. The Morgan fingerprint density at radius 3 is 2.65 bits per heavy atom. The Morgan fingerprint density at radius 2 is 2.00 bits per heavy atom. The number of hydrogen-bond acceptors (Lipinski definition) is 3. The average molecular weight is 396 g/mol. The van der Waals surface area contributed by atoms with Gasteiger partial charge in [-0.05, 0) is 42.5 Å². The van der Waals surface area contributed by atoms with Crippen molar-refractivity contribution in [2.75, 3.05) is 32.7 Å². The third-order valence-corrected chi connectivity index (χ3v) is 5.57. The van der Waals surface area contributed by atoms with Gasteiger partial charge in [-0.15, -0.1) is 0 Å². The summed E-state index contributed by atoms with van der Waals surface area (Å²) in [4.78, 5) is 27.1. The molecular formula is C19H23Cl2N3O2. The van der Waals surface area contributed by atoms with Gasteiger partial charge in [-0.1, -0.05) is 35.3 Å². The summed E-state index contributed by atoms with van der Waals surface area (Å²) in [6, 6.07) is 5.50. The van der Waals surface area contributed by atoms with Gasteiger partial charge in [0.15, 0.2) is 0 Å². The summed E-state index contributed by atoms with van der Waals surface area (Å²) in [6.07, 6.45) is 5.31. The molecule has 1 N–H and O–H groups in total. The van der Waals surface area contributed by atoms with E-state index in [0.29, 0.717) is 29.6 Å². The second-order valence-corrected chi connectivity index (χ2v) is 7.46. The SMILES string of the molecule is O=C1CCCN1C(=O)NCCCN1CC=C(c2ccc(Cl)c(Cl)c2)CC1. The zero-order valence-electron chi connectivity index (χ0n) is 14.6. The van der Waals surface area contributed by atoms with E-state index in [2.05, 4.69) is 16.3 Å². The average Bonchev–Trinajstić information content (AvgIpc) is 3.07. The van der Waals surface area contributed by atoms with Crippen molar-refractivity contribution in [3.05, 3.63) is 39.9 Å². The number of carbonyl (C=O) groups is 2. The molecule has 0 spiro atoms. The second-order valence-electron chi connectivity index (χ2n) is 6.64. The van der Waals surface area contributed by atoms with E-state index < -0.39 is 0 Å². The molecule has 0 saturated carbocycles. The summed E-state index contributed by atoms with van der Waals surface area (Å²) >= 11 is 12.1. The molecule has 2 aliphatic rings. The molecular weight excluding hydrogens is 373 g/mol.